The van der Waals surface area contributed by atoms with Crippen molar-refractivity contribution in [2.24, 2.45) is 5.92 Å². The smallest absolute Gasteiger partial charge is 0.272 e. The molecule has 1 heterocycles. The summed E-state index contributed by atoms with van der Waals surface area (Å²) in [6, 6.07) is 2.23. The Hall–Kier alpha value is -1.36. The van der Waals surface area contributed by atoms with E-state index in [2.05, 4.69) is 10.4 Å². The van der Waals surface area contributed by atoms with E-state index in [1.54, 1.807) is 6.07 Å². The van der Waals surface area contributed by atoms with Crippen molar-refractivity contribution in [1.82, 2.24) is 15.1 Å². The SMILES string of the molecule is CC(C)C(CCO)NC(=O)c1ccn(C2CCCC2)n1. The average Bonchev–Trinajstić information content (AvgIpc) is 3.08. The quantitative estimate of drug-likeness (QED) is 0.838. The predicted octanol–water partition coefficient (Wildman–Crippen LogP) is 2.13. The van der Waals surface area contributed by atoms with E-state index >= 15 is 0 Å². The Morgan fingerprint density at radius 1 is 1.50 bits per heavy atom. The minimum atomic E-state index is -0.145. The number of hydrogen-bond donors (Lipinski definition) is 2. The van der Waals surface area contributed by atoms with Crippen molar-refractivity contribution in [2.75, 3.05) is 6.61 Å². The van der Waals surface area contributed by atoms with Crippen molar-refractivity contribution < 1.29 is 9.90 Å². The lowest BCUT2D eigenvalue weighted by Gasteiger charge is -2.20. The zero-order chi connectivity index (χ0) is 14.5. The van der Waals surface area contributed by atoms with E-state index in [1.807, 2.05) is 24.7 Å². The van der Waals surface area contributed by atoms with Gasteiger partial charge in [-0.3, -0.25) is 9.48 Å². The normalized spacial score (nSPS) is 17.6. The third-order valence-electron chi connectivity index (χ3n) is 4.10. The third kappa shape index (κ3) is 3.60. The van der Waals surface area contributed by atoms with Crippen LogP contribution in [0.25, 0.3) is 0 Å². The second-order valence-corrected chi connectivity index (χ2v) is 5.96. The number of nitrogens with zero attached hydrogens (tertiary/aromatic N) is 2. The Balaban J connectivity index is 1.98. The van der Waals surface area contributed by atoms with Gasteiger partial charge in [-0.25, -0.2) is 0 Å². The fraction of sp³-hybridized carbons (Fsp3) is 0.733. The van der Waals surface area contributed by atoms with Crippen LogP contribution in [0.1, 0.15) is 62.5 Å². The summed E-state index contributed by atoms with van der Waals surface area (Å²) < 4.78 is 1.93. The Kier molecular flexibility index (Phi) is 5.17. The van der Waals surface area contributed by atoms with E-state index < -0.39 is 0 Å². The number of carbonyl (C=O) groups is 1. The summed E-state index contributed by atoms with van der Waals surface area (Å²) in [5.74, 6) is 0.150. The van der Waals surface area contributed by atoms with Gasteiger partial charge in [0.15, 0.2) is 0 Å². The fourth-order valence-corrected chi connectivity index (χ4v) is 2.78. The zero-order valence-electron chi connectivity index (χ0n) is 12.4. The Bertz CT molecular complexity index is 436. The molecule has 1 unspecified atom stereocenters. The molecule has 0 spiro atoms. The van der Waals surface area contributed by atoms with Crippen molar-refractivity contribution in [3.05, 3.63) is 18.0 Å². The summed E-state index contributed by atoms with van der Waals surface area (Å²) in [5, 5.41) is 16.4. The Morgan fingerprint density at radius 3 is 2.80 bits per heavy atom. The van der Waals surface area contributed by atoms with Crippen molar-refractivity contribution in [2.45, 2.75) is 58.0 Å². The van der Waals surface area contributed by atoms with Crippen molar-refractivity contribution in [3.8, 4) is 0 Å². The van der Waals surface area contributed by atoms with Gasteiger partial charge in [0.05, 0.1) is 6.04 Å². The number of carbonyl (C=O) groups excluding carboxylic acids is 1. The van der Waals surface area contributed by atoms with Gasteiger partial charge in [-0.05, 0) is 31.2 Å². The first-order valence-corrected chi connectivity index (χ1v) is 7.58. The molecular formula is C15H25N3O2. The highest BCUT2D eigenvalue weighted by molar-refractivity contribution is 5.92. The summed E-state index contributed by atoms with van der Waals surface area (Å²) in [5.41, 5.74) is 0.473. The van der Waals surface area contributed by atoms with Crippen LogP contribution in [0.15, 0.2) is 12.3 Å². The first-order chi connectivity index (χ1) is 9.61. The van der Waals surface area contributed by atoms with E-state index in [0.717, 1.165) is 12.8 Å². The van der Waals surface area contributed by atoms with Crippen LogP contribution in [0.3, 0.4) is 0 Å². The van der Waals surface area contributed by atoms with Gasteiger partial charge in [0.1, 0.15) is 5.69 Å². The number of amides is 1. The molecular weight excluding hydrogens is 254 g/mol. The van der Waals surface area contributed by atoms with E-state index in [1.165, 1.54) is 12.8 Å². The number of aromatic nitrogens is 2. The summed E-state index contributed by atoms with van der Waals surface area (Å²) in [6.07, 6.45) is 7.29. The first kappa shape index (κ1) is 15.0. The van der Waals surface area contributed by atoms with E-state index in [4.69, 9.17) is 5.11 Å². The summed E-state index contributed by atoms with van der Waals surface area (Å²) in [6.45, 7) is 4.16. The van der Waals surface area contributed by atoms with E-state index in [9.17, 15) is 4.79 Å². The molecule has 0 aliphatic heterocycles. The highest BCUT2D eigenvalue weighted by Gasteiger charge is 2.21. The monoisotopic (exact) mass is 279 g/mol. The molecule has 1 saturated carbocycles. The molecule has 1 aromatic rings. The molecule has 20 heavy (non-hydrogen) atoms. The van der Waals surface area contributed by atoms with E-state index in [-0.39, 0.29) is 18.6 Å². The molecule has 1 atom stereocenters. The Morgan fingerprint density at radius 2 is 2.20 bits per heavy atom. The van der Waals surface area contributed by atoms with Crippen molar-refractivity contribution in [1.29, 1.82) is 0 Å². The third-order valence-corrected chi connectivity index (χ3v) is 4.10. The molecule has 1 aliphatic rings. The minimum Gasteiger partial charge on any atom is -0.396 e. The van der Waals surface area contributed by atoms with Crippen molar-refractivity contribution >= 4 is 5.91 Å². The maximum Gasteiger partial charge on any atom is 0.272 e. The van der Waals surface area contributed by atoms with Crippen LogP contribution in [0, 0.1) is 5.92 Å². The van der Waals surface area contributed by atoms with Crippen LogP contribution in [-0.2, 0) is 0 Å². The van der Waals surface area contributed by atoms with Gasteiger partial charge in [0, 0.05) is 18.8 Å². The molecule has 0 radical (unpaired) electrons. The second-order valence-electron chi connectivity index (χ2n) is 5.96. The van der Waals surface area contributed by atoms with Gasteiger partial charge in [0.2, 0.25) is 0 Å². The van der Waals surface area contributed by atoms with Crippen molar-refractivity contribution in [3.63, 3.8) is 0 Å². The lowest BCUT2D eigenvalue weighted by atomic mass is 10.0. The molecule has 0 aromatic carbocycles. The molecule has 5 heteroatoms. The van der Waals surface area contributed by atoms with Crippen LogP contribution < -0.4 is 5.32 Å². The Labute approximate surface area is 120 Å². The van der Waals surface area contributed by atoms with Gasteiger partial charge in [0.25, 0.3) is 5.91 Å². The number of hydrogen-bond acceptors (Lipinski definition) is 3. The summed E-state index contributed by atoms with van der Waals surface area (Å²) in [4.78, 5) is 12.2. The summed E-state index contributed by atoms with van der Waals surface area (Å²) in [7, 11) is 0. The van der Waals surface area contributed by atoms with Gasteiger partial charge < -0.3 is 10.4 Å². The van der Waals surface area contributed by atoms with Gasteiger partial charge in [-0.1, -0.05) is 26.7 Å². The molecule has 112 valence electrons. The maximum atomic E-state index is 12.2. The molecule has 1 aliphatic carbocycles. The standard InChI is InChI=1S/C15H25N3O2/c1-11(2)13(8-10-19)16-15(20)14-7-9-18(17-14)12-5-3-4-6-12/h7,9,11-13,19H,3-6,8,10H2,1-2H3,(H,16,20). The van der Waals surface area contributed by atoms with Gasteiger partial charge in [-0.2, -0.15) is 5.10 Å². The highest BCUT2D eigenvalue weighted by atomic mass is 16.3. The molecule has 2 N–H and O–H groups in total. The molecule has 5 nitrogen and oxygen atoms in total. The number of rotatable bonds is 6. The lowest BCUT2D eigenvalue weighted by Crippen LogP contribution is -2.39. The maximum absolute atomic E-state index is 12.2. The largest absolute Gasteiger partial charge is 0.396 e. The average molecular weight is 279 g/mol. The number of aliphatic hydroxyl groups excluding tert-OH is 1. The highest BCUT2D eigenvalue weighted by Crippen LogP contribution is 2.28. The molecule has 1 fully saturated rings. The van der Waals surface area contributed by atoms with Crippen LogP contribution in [0.5, 0.6) is 0 Å². The number of aliphatic hydroxyl groups is 1. The van der Waals surface area contributed by atoms with Crippen LogP contribution >= 0.6 is 0 Å². The molecule has 0 saturated heterocycles. The summed E-state index contributed by atoms with van der Waals surface area (Å²) >= 11 is 0. The molecule has 1 aromatic heterocycles. The van der Waals surface area contributed by atoms with Crippen LogP contribution in [0.2, 0.25) is 0 Å². The number of nitrogens with one attached hydrogen (secondary N) is 1. The molecule has 0 bridgehead atoms. The predicted molar refractivity (Wildman–Crippen MR) is 77.5 cm³/mol. The zero-order valence-corrected chi connectivity index (χ0v) is 12.4. The van der Waals surface area contributed by atoms with Crippen LogP contribution in [0.4, 0.5) is 0 Å². The first-order valence-electron chi connectivity index (χ1n) is 7.58. The van der Waals surface area contributed by atoms with Crippen LogP contribution in [-0.4, -0.2) is 33.4 Å². The minimum absolute atomic E-state index is 0.0101. The van der Waals surface area contributed by atoms with Gasteiger partial charge in [-0.15, -0.1) is 0 Å². The fourth-order valence-electron chi connectivity index (χ4n) is 2.78. The van der Waals surface area contributed by atoms with E-state index in [0.29, 0.717) is 24.1 Å². The van der Waals surface area contributed by atoms with Gasteiger partial charge >= 0.3 is 0 Å². The lowest BCUT2D eigenvalue weighted by molar-refractivity contribution is 0.0910. The second kappa shape index (κ2) is 6.88. The molecule has 2 rings (SSSR count). The topological polar surface area (TPSA) is 67.2 Å². The molecule has 1 amide bonds.